The molecular weight excluding hydrogens is 316 g/mol. The van der Waals surface area contributed by atoms with Gasteiger partial charge in [0.2, 0.25) is 0 Å². The van der Waals surface area contributed by atoms with Gasteiger partial charge in [-0.25, -0.2) is 0 Å². The molecule has 12 heteroatoms. The van der Waals surface area contributed by atoms with Crippen LogP contribution in [0.15, 0.2) is 0 Å². The van der Waals surface area contributed by atoms with Gasteiger partial charge in [-0.05, 0) is 12.8 Å². The molecule has 1 saturated carbocycles. The molecule has 0 aromatic heterocycles. The molecule has 88 valence electrons. The number of carboxylic acids is 4. The normalized spacial score (nSPS) is 16.4. The Morgan fingerprint density at radius 3 is 0.750 bits per heavy atom. The Labute approximate surface area is 202 Å². The minimum atomic E-state index is -3.13. The number of hydrogen-bond donors (Lipinski definition) is 0. The average Bonchev–Trinajstić information content (AvgIpc) is 1.98. The van der Waals surface area contributed by atoms with Gasteiger partial charge in [-0.2, -0.15) is 0 Å². The van der Waals surface area contributed by atoms with Crippen molar-refractivity contribution in [1.82, 2.24) is 0 Å². The van der Waals surface area contributed by atoms with Gasteiger partial charge in [0.15, 0.2) is 0 Å². The van der Waals surface area contributed by atoms with Gasteiger partial charge in [0.05, 0.1) is 34.7 Å². The first-order valence-corrected chi connectivity index (χ1v) is 4.09. The predicted octanol–water partition coefficient (Wildman–Crippen LogP) is -18.2. The zero-order valence-corrected chi connectivity index (χ0v) is 19.7. The fourth-order valence-corrected chi connectivity index (χ4v) is 1.90. The molecule has 1 aliphatic carbocycles. The Morgan fingerprint density at radius 1 is 0.550 bits per heavy atom. The van der Waals surface area contributed by atoms with E-state index in [-0.39, 0.29) is 118 Å². The maximum absolute atomic E-state index is 10.7. The SMILES string of the molecule is O=C([O-])C1(C(=O)[O-])CCC1(C(=O)[O-])C(=O)[O-].[Na+].[Na+].[Na+].[Na+]. The third kappa shape index (κ3) is 4.04. The zero-order valence-electron chi connectivity index (χ0n) is 11.7. The summed E-state index contributed by atoms with van der Waals surface area (Å²) in [6.07, 6.45) is -1.45. The van der Waals surface area contributed by atoms with Crippen LogP contribution in [0.4, 0.5) is 0 Å². The Morgan fingerprint density at radius 2 is 0.700 bits per heavy atom. The maximum atomic E-state index is 10.7. The maximum Gasteiger partial charge on any atom is 1.00 e. The molecule has 0 radical (unpaired) electrons. The molecule has 1 rings (SSSR count). The van der Waals surface area contributed by atoms with Crippen LogP contribution in [-0.4, -0.2) is 23.9 Å². The van der Waals surface area contributed by atoms with Crippen LogP contribution in [0.5, 0.6) is 0 Å². The smallest absolute Gasteiger partial charge is 0.549 e. The molecule has 0 spiro atoms. The molecule has 0 N–H and O–H groups in total. The molecule has 0 saturated heterocycles. The molecule has 8 nitrogen and oxygen atoms in total. The van der Waals surface area contributed by atoms with E-state index < -0.39 is 47.5 Å². The van der Waals surface area contributed by atoms with Crippen molar-refractivity contribution in [2.75, 3.05) is 0 Å². The number of carboxylic acid groups (broad SMARTS) is 4. The van der Waals surface area contributed by atoms with E-state index in [1.807, 2.05) is 0 Å². The first kappa shape index (κ1) is 29.8. The van der Waals surface area contributed by atoms with Crippen molar-refractivity contribution >= 4 is 23.9 Å². The second-order valence-corrected chi connectivity index (χ2v) is 3.46. The van der Waals surface area contributed by atoms with Gasteiger partial charge in [0.1, 0.15) is 0 Å². The summed E-state index contributed by atoms with van der Waals surface area (Å²) in [5.41, 5.74) is -6.27. The van der Waals surface area contributed by atoms with Crippen molar-refractivity contribution in [2.24, 2.45) is 10.8 Å². The Kier molecular flexibility index (Phi) is 15.8. The van der Waals surface area contributed by atoms with E-state index in [2.05, 4.69) is 0 Å². The van der Waals surface area contributed by atoms with Crippen LogP contribution >= 0.6 is 0 Å². The van der Waals surface area contributed by atoms with E-state index in [9.17, 15) is 39.6 Å². The zero-order chi connectivity index (χ0) is 12.7. The second kappa shape index (κ2) is 10.6. The average molecular weight is 320 g/mol. The van der Waals surface area contributed by atoms with Gasteiger partial charge < -0.3 is 39.6 Å². The number of rotatable bonds is 4. The summed E-state index contributed by atoms with van der Waals surface area (Å²) in [5.74, 6) is -9.36. The van der Waals surface area contributed by atoms with Crippen molar-refractivity contribution in [3.05, 3.63) is 0 Å². The quantitative estimate of drug-likeness (QED) is 0.364. The van der Waals surface area contributed by atoms with Crippen LogP contribution in [0.1, 0.15) is 12.8 Å². The van der Waals surface area contributed by atoms with Gasteiger partial charge in [0.25, 0.3) is 0 Å². The van der Waals surface area contributed by atoms with Crippen LogP contribution in [0.3, 0.4) is 0 Å². The molecule has 1 fully saturated rings. The summed E-state index contributed by atoms with van der Waals surface area (Å²) in [6.45, 7) is 0. The fraction of sp³-hybridized carbons (Fsp3) is 0.500. The van der Waals surface area contributed by atoms with E-state index in [4.69, 9.17) is 0 Å². The molecule has 20 heavy (non-hydrogen) atoms. The minimum absolute atomic E-state index is 0. The van der Waals surface area contributed by atoms with Gasteiger partial charge in [-0.3, -0.25) is 0 Å². The topological polar surface area (TPSA) is 161 Å². The molecule has 0 aromatic carbocycles. The molecule has 0 amide bonds. The summed E-state index contributed by atoms with van der Waals surface area (Å²) in [7, 11) is 0. The Balaban J connectivity index is -0.000000320. The Hall–Kier alpha value is 1.88. The van der Waals surface area contributed by atoms with Gasteiger partial charge in [-0.15, -0.1) is 0 Å². The van der Waals surface area contributed by atoms with Gasteiger partial charge in [0, 0.05) is 0 Å². The van der Waals surface area contributed by atoms with Crippen molar-refractivity contribution in [3.63, 3.8) is 0 Å². The van der Waals surface area contributed by atoms with E-state index in [1.165, 1.54) is 0 Å². The second-order valence-electron chi connectivity index (χ2n) is 3.46. The first-order chi connectivity index (χ1) is 7.23. The standard InChI is InChI=1S/C8H8O8.4Na/c9-3(10)7(4(11)12)1-2-8(7,5(13)14)6(15)16;;;;/h1-2H2,(H,9,10)(H,11,12)(H,13,14)(H,15,16);;;;/q;4*+1/p-4. The largest absolute Gasteiger partial charge is 1.00 e. The summed E-state index contributed by atoms with van der Waals surface area (Å²) >= 11 is 0. The van der Waals surface area contributed by atoms with Crippen LogP contribution in [0.2, 0.25) is 0 Å². The summed E-state index contributed by atoms with van der Waals surface area (Å²) in [5, 5.41) is 42.6. The van der Waals surface area contributed by atoms with Crippen LogP contribution in [0, 0.1) is 10.8 Å². The van der Waals surface area contributed by atoms with Crippen LogP contribution < -0.4 is 139 Å². The number of carbonyl (C=O) groups excluding carboxylic acids is 4. The summed E-state index contributed by atoms with van der Waals surface area (Å²) in [4.78, 5) is 42.6. The molecule has 0 bridgehead atoms. The molecule has 0 aliphatic heterocycles. The summed E-state index contributed by atoms with van der Waals surface area (Å²) in [6, 6.07) is 0. The van der Waals surface area contributed by atoms with E-state index >= 15 is 0 Å². The van der Waals surface area contributed by atoms with Crippen molar-refractivity contribution in [1.29, 1.82) is 0 Å². The van der Waals surface area contributed by atoms with Crippen molar-refractivity contribution in [2.45, 2.75) is 12.8 Å². The Bertz CT molecular complexity index is 343. The van der Waals surface area contributed by atoms with Gasteiger partial charge in [-0.1, -0.05) is 0 Å². The first-order valence-electron chi connectivity index (χ1n) is 4.09. The minimum Gasteiger partial charge on any atom is -0.549 e. The van der Waals surface area contributed by atoms with Crippen LogP contribution in [0.25, 0.3) is 0 Å². The molecule has 0 aromatic rings. The summed E-state index contributed by atoms with van der Waals surface area (Å²) < 4.78 is 0. The van der Waals surface area contributed by atoms with Crippen molar-refractivity contribution in [3.8, 4) is 0 Å². The monoisotopic (exact) mass is 320 g/mol. The molecular formula is C8H4Na4O8. The molecule has 0 atom stereocenters. The molecule has 1 aliphatic rings. The van der Waals surface area contributed by atoms with E-state index in [0.29, 0.717) is 0 Å². The van der Waals surface area contributed by atoms with Crippen LogP contribution in [-0.2, 0) is 19.2 Å². The predicted molar refractivity (Wildman–Crippen MR) is 34.1 cm³/mol. The van der Waals surface area contributed by atoms with E-state index in [1.54, 1.807) is 0 Å². The van der Waals surface area contributed by atoms with E-state index in [0.717, 1.165) is 0 Å². The molecule has 0 heterocycles. The number of aliphatic carboxylic acids is 4. The fourth-order valence-electron chi connectivity index (χ4n) is 1.90. The number of carbonyl (C=O) groups is 4. The number of hydrogen-bond acceptors (Lipinski definition) is 8. The third-order valence-corrected chi connectivity index (χ3v) is 3.00. The third-order valence-electron chi connectivity index (χ3n) is 3.00. The van der Waals surface area contributed by atoms with Crippen molar-refractivity contribution < 1.29 is 158 Å². The van der Waals surface area contributed by atoms with Gasteiger partial charge >= 0.3 is 118 Å². The molecule has 0 unspecified atom stereocenters.